The van der Waals surface area contributed by atoms with Crippen molar-refractivity contribution in [3.8, 4) is 0 Å². The zero-order valence-electron chi connectivity index (χ0n) is 15.8. The number of nitrogens with one attached hydrogen (secondary N) is 2. The van der Waals surface area contributed by atoms with Gasteiger partial charge in [-0.05, 0) is 49.6 Å². The molecule has 146 valence electrons. The summed E-state index contributed by atoms with van der Waals surface area (Å²) in [5.41, 5.74) is 2.91. The number of rotatable bonds is 6. The predicted octanol–water partition coefficient (Wildman–Crippen LogP) is 2.25. The quantitative estimate of drug-likeness (QED) is 0.666. The number of carbonyl (C=O) groups excluding carboxylic acids is 1. The van der Waals surface area contributed by atoms with Gasteiger partial charge in [-0.15, -0.1) is 0 Å². The van der Waals surface area contributed by atoms with Gasteiger partial charge in [0.15, 0.2) is 0 Å². The van der Waals surface area contributed by atoms with Gasteiger partial charge < -0.3 is 9.88 Å². The SMILES string of the molecule is Cc1ccc(S(=O)(=O)NC2CC2)cc1C(=O)NCc1nc2ccccc2n1C. The lowest BCUT2D eigenvalue weighted by atomic mass is 10.1. The lowest BCUT2D eigenvalue weighted by Gasteiger charge is -2.11. The number of aromatic nitrogens is 2. The van der Waals surface area contributed by atoms with E-state index in [1.54, 1.807) is 13.0 Å². The van der Waals surface area contributed by atoms with Gasteiger partial charge in [-0.25, -0.2) is 18.1 Å². The van der Waals surface area contributed by atoms with Crippen molar-refractivity contribution in [2.75, 3.05) is 0 Å². The van der Waals surface area contributed by atoms with E-state index >= 15 is 0 Å². The van der Waals surface area contributed by atoms with Gasteiger partial charge in [0.25, 0.3) is 5.91 Å². The molecule has 7 nitrogen and oxygen atoms in total. The van der Waals surface area contributed by atoms with E-state index in [0.29, 0.717) is 11.1 Å². The normalized spacial score (nSPS) is 14.4. The van der Waals surface area contributed by atoms with Gasteiger partial charge >= 0.3 is 0 Å². The Labute approximate surface area is 163 Å². The lowest BCUT2D eigenvalue weighted by Crippen LogP contribution is -2.28. The maximum absolute atomic E-state index is 12.7. The molecule has 8 heteroatoms. The molecule has 0 spiro atoms. The van der Waals surface area contributed by atoms with Crippen LogP contribution in [0.15, 0.2) is 47.4 Å². The van der Waals surface area contributed by atoms with Crippen LogP contribution in [0.5, 0.6) is 0 Å². The number of hydrogen-bond acceptors (Lipinski definition) is 4. The molecule has 0 atom stereocenters. The van der Waals surface area contributed by atoms with Crippen molar-refractivity contribution in [1.82, 2.24) is 19.6 Å². The minimum absolute atomic E-state index is 0.0149. The van der Waals surface area contributed by atoms with E-state index < -0.39 is 10.0 Å². The highest BCUT2D eigenvalue weighted by atomic mass is 32.2. The summed E-state index contributed by atoms with van der Waals surface area (Å²) in [6, 6.07) is 12.4. The number of hydrogen-bond donors (Lipinski definition) is 2. The Bertz CT molecular complexity index is 1160. The van der Waals surface area contributed by atoms with Gasteiger partial charge in [0.05, 0.1) is 22.5 Å². The van der Waals surface area contributed by atoms with Crippen LogP contribution >= 0.6 is 0 Å². The first kappa shape index (κ1) is 18.6. The van der Waals surface area contributed by atoms with E-state index in [2.05, 4.69) is 15.0 Å². The summed E-state index contributed by atoms with van der Waals surface area (Å²) in [5, 5.41) is 2.85. The minimum Gasteiger partial charge on any atom is -0.345 e. The summed E-state index contributed by atoms with van der Waals surface area (Å²) >= 11 is 0. The molecular formula is C20H22N4O3S. The first-order chi connectivity index (χ1) is 13.3. The zero-order chi connectivity index (χ0) is 19.9. The first-order valence-electron chi connectivity index (χ1n) is 9.17. The van der Waals surface area contributed by atoms with Crippen LogP contribution in [0.2, 0.25) is 0 Å². The zero-order valence-corrected chi connectivity index (χ0v) is 16.6. The highest BCUT2D eigenvalue weighted by molar-refractivity contribution is 7.89. The number of benzene rings is 2. The van der Waals surface area contributed by atoms with Gasteiger partial charge in [-0.2, -0.15) is 0 Å². The Kier molecular flexibility index (Phi) is 4.68. The standard InChI is InChI=1S/C20H22N4O3S/c1-13-7-10-15(28(26,27)23-14-8-9-14)11-16(13)20(25)21-12-19-22-17-5-3-4-6-18(17)24(19)2/h3-7,10-11,14,23H,8-9,12H2,1-2H3,(H,21,25). The van der Waals surface area contributed by atoms with Crippen LogP contribution in [0.3, 0.4) is 0 Å². The van der Waals surface area contributed by atoms with Crippen molar-refractivity contribution in [3.05, 3.63) is 59.4 Å². The molecule has 1 aliphatic rings. The molecule has 0 unspecified atom stereocenters. The van der Waals surface area contributed by atoms with Crippen molar-refractivity contribution in [1.29, 1.82) is 0 Å². The Hall–Kier alpha value is -2.71. The average Bonchev–Trinajstić information content (AvgIpc) is 3.41. The molecule has 0 aliphatic heterocycles. The van der Waals surface area contributed by atoms with Crippen LogP contribution in [0.25, 0.3) is 11.0 Å². The fraction of sp³-hybridized carbons (Fsp3) is 0.300. The van der Waals surface area contributed by atoms with E-state index in [4.69, 9.17) is 0 Å². The van der Waals surface area contributed by atoms with Crippen LogP contribution in [0.4, 0.5) is 0 Å². The lowest BCUT2D eigenvalue weighted by molar-refractivity contribution is 0.0949. The molecule has 1 aromatic heterocycles. The van der Waals surface area contributed by atoms with Crippen LogP contribution < -0.4 is 10.0 Å². The van der Waals surface area contributed by atoms with E-state index in [1.165, 1.54) is 12.1 Å². The number of sulfonamides is 1. The number of fused-ring (bicyclic) bond motifs is 1. The van der Waals surface area contributed by atoms with Crippen molar-refractivity contribution in [3.63, 3.8) is 0 Å². The number of para-hydroxylation sites is 2. The summed E-state index contributed by atoms with van der Waals surface area (Å²) in [4.78, 5) is 17.4. The van der Waals surface area contributed by atoms with Crippen LogP contribution in [0, 0.1) is 6.92 Å². The van der Waals surface area contributed by atoms with E-state index in [0.717, 1.165) is 29.7 Å². The monoisotopic (exact) mass is 398 g/mol. The van der Waals surface area contributed by atoms with Gasteiger partial charge in [0.1, 0.15) is 5.82 Å². The maximum Gasteiger partial charge on any atom is 0.251 e. The molecular weight excluding hydrogens is 376 g/mol. The molecule has 0 saturated heterocycles. The number of carbonyl (C=O) groups is 1. The van der Waals surface area contributed by atoms with Crippen molar-refractivity contribution >= 4 is 27.0 Å². The Morgan fingerprint density at radius 1 is 1.21 bits per heavy atom. The molecule has 1 heterocycles. The molecule has 1 fully saturated rings. The predicted molar refractivity (Wildman–Crippen MR) is 106 cm³/mol. The summed E-state index contributed by atoms with van der Waals surface area (Å²) in [6.45, 7) is 2.04. The van der Waals surface area contributed by atoms with E-state index in [9.17, 15) is 13.2 Å². The van der Waals surface area contributed by atoms with Crippen molar-refractivity contribution in [2.24, 2.45) is 7.05 Å². The smallest absolute Gasteiger partial charge is 0.251 e. The summed E-state index contributed by atoms with van der Waals surface area (Å²) in [7, 11) is -1.71. The van der Waals surface area contributed by atoms with Gasteiger partial charge in [0.2, 0.25) is 10.0 Å². The minimum atomic E-state index is -3.61. The summed E-state index contributed by atoms with van der Waals surface area (Å²) < 4.78 is 29.4. The fourth-order valence-corrected chi connectivity index (χ4v) is 4.44. The topological polar surface area (TPSA) is 93.1 Å². The first-order valence-corrected chi connectivity index (χ1v) is 10.6. The van der Waals surface area contributed by atoms with Crippen molar-refractivity contribution in [2.45, 2.75) is 37.2 Å². The summed E-state index contributed by atoms with van der Waals surface area (Å²) in [5.74, 6) is 0.402. The highest BCUT2D eigenvalue weighted by Crippen LogP contribution is 2.23. The van der Waals surface area contributed by atoms with Crippen LogP contribution in [-0.4, -0.2) is 29.9 Å². The van der Waals surface area contributed by atoms with E-state index in [-0.39, 0.29) is 23.4 Å². The van der Waals surface area contributed by atoms with Crippen LogP contribution in [-0.2, 0) is 23.6 Å². The number of amides is 1. The molecule has 1 saturated carbocycles. The number of imidazole rings is 1. The molecule has 2 aromatic carbocycles. The van der Waals surface area contributed by atoms with Gasteiger partial charge in [-0.3, -0.25) is 4.79 Å². The fourth-order valence-electron chi connectivity index (χ4n) is 3.11. The molecule has 0 radical (unpaired) electrons. The molecule has 28 heavy (non-hydrogen) atoms. The molecule has 1 aliphatic carbocycles. The van der Waals surface area contributed by atoms with Gasteiger partial charge in [-0.1, -0.05) is 18.2 Å². The van der Waals surface area contributed by atoms with Gasteiger partial charge in [0, 0.05) is 18.7 Å². The average molecular weight is 398 g/mol. The van der Waals surface area contributed by atoms with Crippen molar-refractivity contribution < 1.29 is 13.2 Å². The number of aryl methyl sites for hydroxylation is 2. The third-order valence-corrected chi connectivity index (χ3v) is 6.47. The Balaban J connectivity index is 1.54. The maximum atomic E-state index is 12.7. The highest BCUT2D eigenvalue weighted by Gasteiger charge is 2.28. The third kappa shape index (κ3) is 3.65. The second-order valence-corrected chi connectivity index (χ2v) is 8.84. The second-order valence-electron chi connectivity index (χ2n) is 7.13. The molecule has 1 amide bonds. The second kappa shape index (κ2) is 7.03. The third-order valence-electron chi connectivity index (χ3n) is 4.95. The Morgan fingerprint density at radius 2 is 1.96 bits per heavy atom. The van der Waals surface area contributed by atoms with Crippen LogP contribution in [0.1, 0.15) is 34.6 Å². The molecule has 4 rings (SSSR count). The molecule has 2 N–H and O–H groups in total. The molecule has 0 bridgehead atoms. The Morgan fingerprint density at radius 3 is 2.68 bits per heavy atom. The number of nitrogens with zero attached hydrogens (tertiary/aromatic N) is 2. The molecule has 3 aromatic rings. The largest absolute Gasteiger partial charge is 0.345 e. The summed E-state index contributed by atoms with van der Waals surface area (Å²) in [6.07, 6.45) is 1.72. The van der Waals surface area contributed by atoms with E-state index in [1.807, 2.05) is 35.9 Å².